The molecule has 0 atom stereocenters. The molecule has 0 unspecified atom stereocenters. The fourth-order valence-corrected chi connectivity index (χ4v) is 1.50. The molecule has 0 bridgehead atoms. The summed E-state index contributed by atoms with van der Waals surface area (Å²) in [5.41, 5.74) is 1.90. The maximum Gasteiger partial charge on any atom is 0.193 e. The van der Waals surface area contributed by atoms with Crippen LogP contribution in [0.15, 0.2) is 11.9 Å². The molecule has 1 aliphatic rings. The van der Waals surface area contributed by atoms with Crippen molar-refractivity contribution in [1.82, 2.24) is 4.98 Å². The van der Waals surface area contributed by atoms with Crippen LogP contribution in [-0.2, 0) is 6.42 Å². The summed E-state index contributed by atoms with van der Waals surface area (Å²) in [6, 6.07) is 1.55. The Balaban J connectivity index is 2.40. The zero-order chi connectivity index (χ0) is 9.42. The molecular formula is C9H10FNO2. The van der Waals surface area contributed by atoms with E-state index < -0.39 is 6.29 Å². The van der Waals surface area contributed by atoms with Gasteiger partial charge in [-0.3, -0.25) is 0 Å². The van der Waals surface area contributed by atoms with E-state index in [0.29, 0.717) is 24.1 Å². The van der Waals surface area contributed by atoms with E-state index in [2.05, 4.69) is 4.98 Å². The second-order valence-electron chi connectivity index (χ2n) is 3.12. The van der Waals surface area contributed by atoms with E-state index in [4.69, 9.17) is 10.2 Å². The molecule has 1 aromatic heterocycles. The number of aliphatic hydroxyl groups is 2. The third kappa shape index (κ3) is 1.50. The molecule has 0 saturated carbocycles. The minimum absolute atomic E-state index is 0.162. The van der Waals surface area contributed by atoms with Gasteiger partial charge in [0.05, 0.1) is 5.69 Å². The van der Waals surface area contributed by atoms with Crippen LogP contribution >= 0.6 is 0 Å². The molecule has 0 aromatic carbocycles. The number of allylic oxidation sites excluding steroid dienone is 1. The van der Waals surface area contributed by atoms with E-state index in [-0.39, 0.29) is 5.83 Å². The molecule has 1 aliphatic carbocycles. The van der Waals surface area contributed by atoms with Gasteiger partial charge in [-0.2, -0.15) is 0 Å². The predicted molar refractivity (Wildman–Crippen MR) is 45.4 cm³/mol. The van der Waals surface area contributed by atoms with Gasteiger partial charge in [0.15, 0.2) is 6.29 Å². The molecule has 3 N–H and O–H groups in total. The van der Waals surface area contributed by atoms with Gasteiger partial charge in [-0.05, 0) is 24.1 Å². The lowest BCUT2D eigenvalue weighted by molar-refractivity contribution is -0.0455. The van der Waals surface area contributed by atoms with Crippen LogP contribution in [0.5, 0.6) is 0 Å². The van der Waals surface area contributed by atoms with Crippen molar-refractivity contribution in [2.75, 3.05) is 0 Å². The van der Waals surface area contributed by atoms with E-state index >= 15 is 0 Å². The predicted octanol–water partition coefficient (Wildman–Crippen LogP) is 1.25. The van der Waals surface area contributed by atoms with Crippen molar-refractivity contribution in [1.29, 1.82) is 0 Å². The quantitative estimate of drug-likeness (QED) is 0.574. The van der Waals surface area contributed by atoms with Crippen LogP contribution in [-0.4, -0.2) is 15.2 Å². The minimum Gasteiger partial charge on any atom is -0.363 e. The van der Waals surface area contributed by atoms with E-state index in [0.717, 1.165) is 5.69 Å². The number of aryl methyl sites for hydroxylation is 1. The zero-order valence-corrected chi connectivity index (χ0v) is 6.92. The van der Waals surface area contributed by atoms with Gasteiger partial charge in [0.1, 0.15) is 5.83 Å². The summed E-state index contributed by atoms with van der Waals surface area (Å²) in [5, 5.41) is 17.7. The largest absolute Gasteiger partial charge is 0.363 e. The Bertz CT molecular complexity index is 354. The Morgan fingerprint density at radius 3 is 2.85 bits per heavy atom. The first kappa shape index (κ1) is 8.47. The molecule has 3 nitrogen and oxygen atoms in total. The van der Waals surface area contributed by atoms with Crippen LogP contribution in [0.1, 0.15) is 29.7 Å². The topological polar surface area (TPSA) is 56.2 Å². The average Bonchev–Trinajstić information content (AvgIpc) is 2.46. The molecule has 70 valence electrons. The lowest BCUT2D eigenvalue weighted by Gasteiger charge is -2.05. The first-order valence-corrected chi connectivity index (χ1v) is 4.11. The summed E-state index contributed by atoms with van der Waals surface area (Å²) in [4.78, 5) is 2.84. The summed E-state index contributed by atoms with van der Waals surface area (Å²) in [6.45, 7) is 0. The number of halogens is 1. The Morgan fingerprint density at radius 2 is 2.15 bits per heavy atom. The van der Waals surface area contributed by atoms with Gasteiger partial charge >= 0.3 is 0 Å². The van der Waals surface area contributed by atoms with Crippen molar-refractivity contribution in [2.24, 2.45) is 0 Å². The molecule has 0 spiro atoms. The van der Waals surface area contributed by atoms with E-state index in [1.54, 1.807) is 6.07 Å². The van der Waals surface area contributed by atoms with Gasteiger partial charge in [0.25, 0.3) is 0 Å². The molecule has 0 fully saturated rings. The van der Waals surface area contributed by atoms with Crippen molar-refractivity contribution in [2.45, 2.75) is 19.1 Å². The monoisotopic (exact) mass is 183 g/mol. The van der Waals surface area contributed by atoms with Crippen LogP contribution in [0.4, 0.5) is 4.39 Å². The normalized spacial score (nSPS) is 15.8. The third-order valence-corrected chi connectivity index (χ3v) is 2.16. The fraction of sp³-hybridized carbons (Fsp3) is 0.333. The Kier molecular flexibility index (Phi) is 1.94. The highest BCUT2D eigenvalue weighted by Gasteiger charge is 2.15. The zero-order valence-electron chi connectivity index (χ0n) is 6.92. The summed E-state index contributed by atoms with van der Waals surface area (Å²) < 4.78 is 12.8. The van der Waals surface area contributed by atoms with Crippen LogP contribution in [0.25, 0.3) is 6.08 Å². The van der Waals surface area contributed by atoms with Crippen LogP contribution in [0.3, 0.4) is 0 Å². The number of fused-ring (bicyclic) bond motifs is 1. The molecule has 4 heteroatoms. The van der Waals surface area contributed by atoms with Crippen molar-refractivity contribution in [3.05, 3.63) is 28.8 Å². The smallest absolute Gasteiger partial charge is 0.193 e. The van der Waals surface area contributed by atoms with Gasteiger partial charge in [-0.25, -0.2) is 4.39 Å². The number of hydrogen-bond donors (Lipinski definition) is 3. The standard InChI is InChI=1S/C9H10FNO2/c10-6-1-2-7-5(3-6)4-8(11-7)9(12)13/h3-4,9,11-13H,1-2H2. The number of hydrogen-bond acceptors (Lipinski definition) is 2. The first-order chi connectivity index (χ1) is 6.16. The van der Waals surface area contributed by atoms with Gasteiger partial charge in [0, 0.05) is 12.1 Å². The van der Waals surface area contributed by atoms with Crippen molar-refractivity contribution in [3.8, 4) is 0 Å². The van der Waals surface area contributed by atoms with E-state index in [1.165, 1.54) is 6.08 Å². The van der Waals surface area contributed by atoms with Gasteiger partial charge in [0.2, 0.25) is 0 Å². The highest BCUT2D eigenvalue weighted by Crippen LogP contribution is 2.26. The molecule has 13 heavy (non-hydrogen) atoms. The third-order valence-electron chi connectivity index (χ3n) is 2.16. The van der Waals surface area contributed by atoms with Gasteiger partial charge < -0.3 is 15.2 Å². The van der Waals surface area contributed by atoms with E-state index in [9.17, 15) is 4.39 Å². The Labute approximate surface area is 74.5 Å². The number of H-pyrrole nitrogens is 1. The lowest BCUT2D eigenvalue weighted by Crippen LogP contribution is -1.96. The number of rotatable bonds is 1. The molecule has 1 aromatic rings. The summed E-state index contributed by atoms with van der Waals surface area (Å²) in [6.07, 6.45) is 0.877. The van der Waals surface area contributed by atoms with Crippen LogP contribution in [0.2, 0.25) is 0 Å². The van der Waals surface area contributed by atoms with E-state index in [1.807, 2.05) is 0 Å². The first-order valence-electron chi connectivity index (χ1n) is 4.11. The van der Waals surface area contributed by atoms with Gasteiger partial charge in [-0.1, -0.05) is 0 Å². The second-order valence-corrected chi connectivity index (χ2v) is 3.12. The number of aromatic amines is 1. The van der Waals surface area contributed by atoms with Crippen molar-refractivity contribution < 1.29 is 14.6 Å². The second kappa shape index (κ2) is 2.97. The highest BCUT2D eigenvalue weighted by molar-refractivity contribution is 5.57. The van der Waals surface area contributed by atoms with Crippen molar-refractivity contribution >= 4 is 6.08 Å². The molecular weight excluding hydrogens is 173 g/mol. The molecule has 1 heterocycles. The van der Waals surface area contributed by atoms with Crippen molar-refractivity contribution in [3.63, 3.8) is 0 Å². The van der Waals surface area contributed by atoms with Crippen LogP contribution < -0.4 is 0 Å². The number of aliphatic hydroxyl groups excluding tert-OH is 1. The molecule has 2 rings (SSSR count). The Morgan fingerprint density at radius 1 is 1.38 bits per heavy atom. The average molecular weight is 183 g/mol. The molecule has 0 radical (unpaired) electrons. The molecule has 0 amide bonds. The minimum atomic E-state index is -1.51. The maximum atomic E-state index is 12.8. The van der Waals surface area contributed by atoms with Gasteiger partial charge in [-0.15, -0.1) is 0 Å². The molecule has 0 saturated heterocycles. The molecule has 0 aliphatic heterocycles. The van der Waals surface area contributed by atoms with Crippen LogP contribution in [0, 0.1) is 0 Å². The summed E-state index contributed by atoms with van der Waals surface area (Å²) in [5.74, 6) is -0.162. The summed E-state index contributed by atoms with van der Waals surface area (Å²) >= 11 is 0. The number of aromatic nitrogens is 1. The number of nitrogens with one attached hydrogen (secondary N) is 1. The highest BCUT2D eigenvalue weighted by atomic mass is 19.1. The lowest BCUT2D eigenvalue weighted by atomic mass is 10.0. The fourth-order valence-electron chi connectivity index (χ4n) is 1.50. The SMILES string of the molecule is OC(O)c1cc2c([nH]1)CCC(F)=C2. The maximum absolute atomic E-state index is 12.8. The Hall–Kier alpha value is -1.13. The summed E-state index contributed by atoms with van der Waals surface area (Å²) in [7, 11) is 0.